The molecule has 0 saturated heterocycles. The van der Waals surface area contributed by atoms with Crippen molar-refractivity contribution in [2.24, 2.45) is 0 Å². The van der Waals surface area contributed by atoms with E-state index < -0.39 is 0 Å². The Hall–Kier alpha value is -1.74. The zero-order valence-electron chi connectivity index (χ0n) is 9.85. The van der Waals surface area contributed by atoms with Crippen LogP contribution in [-0.4, -0.2) is 17.0 Å². The van der Waals surface area contributed by atoms with E-state index in [0.717, 1.165) is 12.1 Å². The minimum atomic E-state index is 0.488. The highest BCUT2D eigenvalue weighted by molar-refractivity contribution is 5.66. The molecule has 0 saturated carbocycles. The van der Waals surface area contributed by atoms with E-state index in [1.807, 2.05) is 13.2 Å². The van der Waals surface area contributed by atoms with E-state index >= 15 is 0 Å². The van der Waals surface area contributed by atoms with Crippen LogP contribution in [0.15, 0.2) is 36.8 Å². The molecule has 1 unspecified atom stereocenters. The number of hydrogen-bond acceptors (Lipinski definition) is 3. The maximum Gasteiger partial charge on any atom is 0.0888 e. The molecular weight excluding hydrogens is 210 g/mol. The summed E-state index contributed by atoms with van der Waals surface area (Å²) < 4.78 is 0. The minimum absolute atomic E-state index is 0.488. The highest BCUT2D eigenvalue weighted by atomic mass is 14.9. The first-order chi connectivity index (χ1) is 8.40. The SMILES string of the molecule is CNC1CCc2c(-c3cnccn3)cccc21. The maximum atomic E-state index is 4.39. The van der Waals surface area contributed by atoms with Crippen molar-refractivity contribution in [3.05, 3.63) is 47.9 Å². The standard InChI is InChI=1S/C14H15N3/c1-15-13-6-5-10-11(13)3-2-4-12(10)14-9-16-7-8-17-14/h2-4,7-9,13,15H,5-6H2,1H3. The average molecular weight is 225 g/mol. The molecule has 1 heterocycles. The van der Waals surface area contributed by atoms with E-state index in [-0.39, 0.29) is 0 Å². The first-order valence-corrected chi connectivity index (χ1v) is 5.95. The van der Waals surface area contributed by atoms with E-state index in [0.29, 0.717) is 6.04 Å². The summed E-state index contributed by atoms with van der Waals surface area (Å²) >= 11 is 0. The summed E-state index contributed by atoms with van der Waals surface area (Å²) in [5.41, 5.74) is 5.04. The molecule has 1 atom stereocenters. The molecule has 0 radical (unpaired) electrons. The quantitative estimate of drug-likeness (QED) is 0.852. The number of hydrogen-bond donors (Lipinski definition) is 1. The summed E-state index contributed by atoms with van der Waals surface area (Å²) in [6.45, 7) is 0. The molecule has 3 rings (SSSR count). The average Bonchev–Trinajstić information content (AvgIpc) is 2.82. The molecule has 3 heteroatoms. The maximum absolute atomic E-state index is 4.39. The van der Waals surface area contributed by atoms with Gasteiger partial charge in [-0.2, -0.15) is 0 Å². The van der Waals surface area contributed by atoms with Crippen molar-refractivity contribution in [2.45, 2.75) is 18.9 Å². The molecule has 0 amide bonds. The number of nitrogens with one attached hydrogen (secondary N) is 1. The molecule has 1 aliphatic rings. The van der Waals surface area contributed by atoms with Crippen LogP contribution in [0, 0.1) is 0 Å². The van der Waals surface area contributed by atoms with Crippen LogP contribution < -0.4 is 5.32 Å². The zero-order chi connectivity index (χ0) is 11.7. The minimum Gasteiger partial charge on any atom is -0.313 e. The third-order valence-electron chi connectivity index (χ3n) is 3.46. The van der Waals surface area contributed by atoms with E-state index in [4.69, 9.17) is 0 Å². The van der Waals surface area contributed by atoms with Gasteiger partial charge >= 0.3 is 0 Å². The molecule has 0 spiro atoms. The molecule has 0 aliphatic heterocycles. The fourth-order valence-corrected chi connectivity index (χ4v) is 2.63. The molecule has 1 aliphatic carbocycles. The lowest BCUT2D eigenvalue weighted by molar-refractivity contribution is 0.590. The van der Waals surface area contributed by atoms with Crippen LogP contribution in [0.5, 0.6) is 0 Å². The fourth-order valence-electron chi connectivity index (χ4n) is 2.63. The number of benzene rings is 1. The van der Waals surface area contributed by atoms with Crippen LogP contribution in [-0.2, 0) is 6.42 Å². The summed E-state index contributed by atoms with van der Waals surface area (Å²) in [7, 11) is 2.02. The second-order valence-corrected chi connectivity index (χ2v) is 4.34. The van der Waals surface area contributed by atoms with Crippen molar-refractivity contribution in [1.29, 1.82) is 0 Å². The number of aromatic nitrogens is 2. The van der Waals surface area contributed by atoms with Crippen molar-refractivity contribution in [1.82, 2.24) is 15.3 Å². The van der Waals surface area contributed by atoms with Crippen LogP contribution in [0.2, 0.25) is 0 Å². The van der Waals surface area contributed by atoms with Crippen molar-refractivity contribution in [3.8, 4) is 11.3 Å². The van der Waals surface area contributed by atoms with E-state index in [2.05, 4.69) is 33.5 Å². The van der Waals surface area contributed by atoms with Gasteiger partial charge in [-0.1, -0.05) is 18.2 Å². The molecule has 0 bridgehead atoms. The molecule has 0 fully saturated rings. The van der Waals surface area contributed by atoms with Gasteiger partial charge in [0, 0.05) is 24.0 Å². The Morgan fingerprint density at radius 3 is 3.00 bits per heavy atom. The predicted molar refractivity (Wildman–Crippen MR) is 67.6 cm³/mol. The lowest BCUT2D eigenvalue weighted by atomic mass is 10.0. The highest BCUT2D eigenvalue weighted by Crippen LogP contribution is 2.36. The highest BCUT2D eigenvalue weighted by Gasteiger charge is 2.23. The largest absolute Gasteiger partial charge is 0.313 e. The van der Waals surface area contributed by atoms with Gasteiger partial charge in [0.25, 0.3) is 0 Å². The van der Waals surface area contributed by atoms with Crippen LogP contribution in [0.25, 0.3) is 11.3 Å². The Labute approximate surface area is 101 Å². The molecular formula is C14H15N3. The molecule has 1 aromatic heterocycles. The first-order valence-electron chi connectivity index (χ1n) is 5.95. The number of nitrogens with zero attached hydrogens (tertiary/aromatic N) is 2. The summed E-state index contributed by atoms with van der Waals surface area (Å²) in [4.78, 5) is 8.54. The Morgan fingerprint density at radius 2 is 2.24 bits per heavy atom. The van der Waals surface area contributed by atoms with Gasteiger partial charge in [-0.3, -0.25) is 9.97 Å². The lowest BCUT2D eigenvalue weighted by Gasteiger charge is -2.11. The van der Waals surface area contributed by atoms with Gasteiger partial charge in [0.15, 0.2) is 0 Å². The second-order valence-electron chi connectivity index (χ2n) is 4.34. The number of rotatable bonds is 2. The zero-order valence-corrected chi connectivity index (χ0v) is 9.85. The van der Waals surface area contributed by atoms with Gasteiger partial charge in [0.2, 0.25) is 0 Å². The third-order valence-corrected chi connectivity index (χ3v) is 3.46. The second kappa shape index (κ2) is 4.26. The lowest BCUT2D eigenvalue weighted by Crippen LogP contribution is -2.12. The monoisotopic (exact) mass is 225 g/mol. The molecule has 3 nitrogen and oxygen atoms in total. The smallest absolute Gasteiger partial charge is 0.0888 e. The van der Waals surface area contributed by atoms with Gasteiger partial charge in [0.05, 0.1) is 11.9 Å². The summed E-state index contributed by atoms with van der Waals surface area (Å²) in [6, 6.07) is 6.95. The van der Waals surface area contributed by atoms with Crippen molar-refractivity contribution < 1.29 is 0 Å². The van der Waals surface area contributed by atoms with Crippen molar-refractivity contribution >= 4 is 0 Å². The van der Waals surface area contributed by atoms with Crippen LogP contribution in [0.1, 0.15) is 23.6 Å². The van der Waals surface area contributed by atoms with E-state index in [1.54, 1.807) is 12.4 Å². The Kier molecular flexibility index (Phi) is 2.61. The molecule has 2 aromatic rings. The summed E-state index contributed by atoms with van der Waals surface area (Å²) in [5.74, 6) is 0. The van der Waals surface area contributed by atoms with Crippen molar-refractivity contribution in [2.75, 3.05) is 7.05 Å². The van der Waals surface area contributed by atoms with Gasteiger partial charge in [0.1, 0.15) is 0 Å². The Balaban J connectivity index is 2.12. The topological polar surface area (TPSA) is 37.8 Å². The predicted octanol–water partition coefficient (Wildman–Crippen LogP) is 2.35. The summed E-state index contributed by atoms with van der Waals surface area (Å²) in [6.07, 6.45) is 7.58. The van der Waals surface area contributed by atoms with E-state index in [9.17, 15) is 0 Å². The molecule has 86 valence electrons. The summed E-state index contributed by atoms with van der Waals surface area (Å²) in [5, 5.41) is 3.36. The van der Waals surface area contributed by atoms with Crippen LogP contribution in [0.3, 0.4) is 0 Å². The Bertz CT molecular complexity index is 522. The first kappa shape index (κ1) is 10.4. The van der Waals surface area contributed by atoms with Crippen molar-refractivity contribution in [3.63, 3.8) is 0 Å². The third kappa shape index (κ3) is 1.72. The van der Waals surface area contributed by atoms with Gasteiger partial charge in [-0.25, -0.2) is 0 Å². The molecule has 17 heavy (non-hydrogen) atoms. The normalized spacial score (nSPS) is 18.1. The van der Waals surface area contributed by atoms with Crippen LogP contribution in [0.4, 0.5) is 0 Å². The molecule has 1 N–H and O–H groups in total. The number of fused-ring (bicyclic) bond motifs is 1. The Morgan fingerprint density at radius 1 is 1.29 bits per heavy atom. The van der Waals surface area contributed by atoms with E-state index in [1.165, 1.54) is 23.1 Å². The fraction of sp³-hybridized carbons (Fsp3) is 0.286. The molecule has 1 aromatic carbocycles. The van der Waals surface area contributed by atoms with Gasteiger partial charge < -0.3 is 5.32 Å². The van der Waals surface area contributed by atoms with Gasteiger partial charge in [-0.05, 0) is 31.0 Å². The van der Waals surface area contributed by atoms with Gasteiger partial charge in [-0.15, -0.1) is 0 Å². The van der Waals surface area contributed by atoms with Crippen LogP contribution >= 0.6 is 0 Å².